The van der Waals surface area contributed by atoms with Crippen LogP contribution in [0.3, 0.4) is 0 Å². The van der Waals surface area contributed by atoms with Gasteiger partial charge < -0.3 is 4.74 Å². The van der Waals surface area contributed by atoms with E-state index in [1.54, 1.807) is 24.5 Å². The first-order valence-corrected chi connectivity index (χ1v) is 8.09. The van der Waals surface area contributed by atoms with E-state index in [1.807, 2.05) is 18.2 Å². The van der Waals surface area contributed by atoms with Gasteiger partial charge in [-0.3, -0.25) is 9.97 Å². The average Bonchev–Trinajstić information content (AvgIpc) is 2.65. The lowest BCUT2D eigenvalue weighted by Crippen LogP contribution is -2.03. The highest BCUT2D eigenvalue weighted by Crippen LogP contribution is 2.24. The number of hydrogen-bond donors (Lipinski definition) is 0. The van der Waals surface area contributed by atoms with Crippen LogP contribution in [0.4, 0.5) is 0 Å². The molecular formula is C18H14ClN5O2. The van der Waals surface area contributed by atoms with Gasteiger partial charge in [-0.15, -0.1) is 0 Å². The molecule has 7 nitrogen and oxygen atoms in total. The molecule has 26 heavy (non-hydrogen) atoms. The van der Waals surface area contributed by atoms with Gasteiger partial charge in [0.15, 0.2) is 0 Å². The molecule has 0 amide bonds. The second-order valence-corrected chi connectivity index (χ2v) is 6.01. The van der Waals surface area contributed by atoms with Crippen LogP contribution in [0.2, 0.25) is 5.02 Å². The smallest absolute Gasteiger partial charge is 0.337 e. The molecule has 0 unspecified atom stereocenters. The van der Waals surface area contributed by atoms with Gasteiger partial charge >= 0.3 is 5.97 Å². The highest BCUT2D eigenvalue weighted by molar-refractivity contribution is 6.31. The van der Waals surface area contributed by atoms with Gasteiger partial charge in [0.1, 0.15) is 0 Å². The van der Waals surface area contributed by atoms with Crippen molar-refractivity contribution in [2.45, 2.75) is 13.0 Å². The summed E-state index contributed by atoms with van der Waals surface area (Å²) in [7, 11) is 1.34. The summed E-state index contributed by atoms with van der Waals surface area (Å²) in [5, 5.41) is 5.01. The Hall–Kier alpha value is -3.15. The van der Waals surface area contributed by atoms with Crippen LogP contribution in [0.25, 0.3) is 21.3 Å². The largest absolute Gasteiger partial charge is 0.465 e. The zero-order chi connectivity index (χ0) is 18.5. The molecule has 0 fully saturated rings. The van der Waals surface area contributed by atoms with Crippen molar-refractivity contribution in [3.8, 4) is 0 Å². The maximum absolute atomic E-state index is 11.7. The van der Waals surface area contributed by atoms with Crippen molar-refractivity contribution in [2.75, 3.05) is 7.11 Å². The Morgan fingerprint density at radius 3 is 2.92 bits per heavy atom. The standard InChI is InChI=1S/C18H14ClN5O2/c1-26-18(25)12-2-3-21-16(8-12)6-11-4-13-7-15(19)10-22-17(13)14(5-11)9-23-24-20/h2-5,7-8,10H,6,9H2,1H3. The molecule has 0 N–H and O–H groups in total. The highest BCUT2D eigenvalue weighted by Gasteiger charge is 2.10. The summed E-state index contributed by atoms with van der Waals surface area (Å²) >= 11 is 6.05. The monoisotopic (exact) mass is 367 g/mol. The van der Waals surface area contributed by atoms with Crippen molar-refractivity contribution in [1.82, 2.24) is 9.97 Å². The van der Waals surface area contributed by atoms with Gasteiger partial charge in [-0.05, 0) is 40.9 Å². The van der Waals surface area contributed by atoms with E-state index >= 15 is 0 Å². The number of pyridine rings is 2. The fourth-order valence-corrected chi connectivity index (χ4v) is 2.89. The van der Waals surface area contributed by atoms with E-state index in [0.29, 0.717) is 17.0 Å². The normalized spacial score (nSPS) is 10.4. The zero-order valence-electron chi connectivity index (χ0n) is 13.9. The molecule has 2 aromatic heterocycles. The third-order valence-corrected chi connectivity index (χ3v) is 4.02. The van der Waals surface area contributed by atoms with Gasteiger partial charge in [-0.2, -0.15) is 0 Å². The lowest BCUT2D eigenvalue weighted by Gasteiger charge is -2.09. The Morgan fingerprint density at radius 1 is 1.31 bits per heavy atom. The maximum atomic E-state index is 11.7. The van der Waals surface area contributed by atoms with E-state index < -0.39 is 5.97 Å². The molecule has 0 aliphatic rings. The fraction of sp³-hybridized carbons (Fsp3) is 0.167. The second kappa shape index (κ2) is 7.82. The fourth-order valence-electron chi connectivity index (χ4n) is 2.73. The van der Waals surface area contributed by atoms with Crippen LogP contribution in [-0.2, 0) is 17.7 Å². The molecule has 0 spiro atoms. The van der Waals surface area contributed by atoms with Gasteiger partial charge in [0.25, 0.3) is 0 Å². The number of rotatable bonds is 5. The van der Waals surface area contributed by atoms with Crippen LogP contribution in [0.1, 0.15) is 27.2 Å². The minimum Gasteiger partial charge on any atom is -0.465 e. The van der Waals surface area contributed by atoms with Crippen molar-refractivity contribution < 1.29 is 9.53 Å². The number of esters is 1. The van der Waals surface area contributed by atoms with E-state index in [4.69, 9.17) is 21.9 Å². The number of carbonyl (C=O) groups is 1. The van der Waals surface area contributed by atoms with E-state index in [-0.39, 0.29) is 6.54 Å². The molecule has 0 saturated carbocycles. The molecule has 0 aliphatic heterocycles. The van der Waals surface area contributed by atoms with Crippen LogP contribution < -0.4 is 0 Å². The molecular weight excluding hydrogens is 354 g/mol. The van der Waals surface area contributed by atoms with Crippen molar-refractivity contribution >= 4 is 28.5 Å². The molecule has 3 rings (SSSR count). The third kappa shape index (κ3) is 3.91. The number of carbonyl (C=O) groups excluding carboxylic acids is 1. The van der Waals surface area contributed by atoms with Crippen molar-refractivity contribution in [3.05, 3.63) is 80.6 Å². The van der Waals surface area contributed by atoms with Gasteiger partial charge in [0, 0.05) is 34.8 Å². The first-order valence-electron chi connectivity index (χ1n) is 7.72. The maximum Gasteiger partial charge on any atom is 0.337 e. The van der Waals surface area contributed by atoms with Crippen molar-refractivity contribution in [2.24, 2.45) is 5.11 Å². The van der Waals surface area contributed by atoms with Crippen LogP contribution in [-0.4, -0.2) is 23.0 Å². The SMILES string of the molecule is COC(=O)c1ccnc(Cc2cc(CN=[N+]=[N-])c3ncc(Cl)cc3c2)c1. The van der Waals surface area contributed by atoms with Gasteiger partial charge in [0.2, 0.25) is 0 Å². The first-order chi connectivity index (χ1) is 12.6. The zero-order valence-corrected chi connectivity index (χ0v) is 14.6. The lowest BCUT2D eigenvalue weighted by atomic mass is 10.0. The van der Waals surface area contributed by atoms with E-state index in [9.17, 15) is 4.79 Å². The number of nitrogens with zero attached hydrogens (tertiary/aromatic N) is 5. The van der Waals surface area contributed by atoms with Gasteiger partial charge in [-0.25, -0.2) is 4.79 Å². The topological polar surface area (TPSA) is 101 Å². The second-order valence-electron chi connectivity index (χ2n) is 5.57. The molecule has 0 radical (unpaired) electrons. The number of aromatic nitrogens is 2. The molecule has 0 saturated heterocycles. The van der Waals surface area contributed by atoms with Crippen LogP contribution in [0.15, 0.2) is 47.8 Å². The molecule has 0 atom stereocenters. The van der Waals surface area contributed by atoms with E-state index in [2.05, 4.69) is 20.0 Å². The number of methoxy groups -OCH3 is 1. The van der Waals surface area contributed by atoms with Crippen LogP contribution in [0.5, 0.6) is 0 Å². The Labute approximate surface area is 154 Å². The quantitative estimate of drug-likeness (QED) is 0.287. The predicted molar refractivity (Wildman–Crippen MR) is 98.0 cm³/mol. The van der Waals surface area contributed by atoms with E-state index in [1.165, 1.54) is 7.11 Å². The lowest BCUT2D eigenvalue weighted by molar-refractivity contribution is 0.0600. The van der Waals surface area contributed by atoms with Gasteiger partial charge in [0.05, 0.1) is 29.8 Å². The summed E-state index contributed by atoms with van der Waals surface area (Å²) in [4.78, 5) is 23.1. The minimum absolute atomic E-state index is 0.186. The number of fused-ring (bicyclic) bond motifs is 1. The number of halogens is 1. The summed E-state index contributed by atoms with van der Waals surface area (Å²) < 4.78 is 4.74. The number of benzene rings is 1. The molecule has 0 bridgehead atoms. The Bertz CT molecular complexity index is 1030. The molecule has 130 valence electrons. The third-order valence-electron chi connectivity index (χ3n) is 3.82. The first kappa shape index (κ1) is 17.7. The Kier molecular flexibility index (Phi) is 5.31. The molecule has 8 heteroatoms. The number of azide groups is 1. The minimum atomic E-state index is -0.410. The summed E-state index contributed by atoms with van der Waals surface area (Å²) in [5.41, 5.74) is 12.3. The van der Waals surface area contributed by atoms with Gasteiger partial charge in [-0.1, -0.05) is 22.8 Å². The summed E-state index contributed by atoms with van der Waals surface area (Å²) in [6.45, 7) is 0.186. The van der Waals surface area contributed by atoms with Crippen molar-refractivity contribution in [1.29, 1.82) is 0 Å². The Balaban J connectivity index is 2.02. The van der Waals surface area contributed by atoms with E-state index in [0.717, 1.165) is 27.7 Å². The number of ether oxygens (including phenoxy) is 1. The highest BCUT2D eigenvalue weighted by atomic mass is 35.5. The molecule has 0 aliphatic carbocycles. The summed E-state index contributed by atoms with van der Waals surface area (Å²) in [6.07, 6.45) is 3.63. The van der Waals surface area contributed by atoms with Crippen LogP contribution >= 0.6 is 11.6 Å². The number of hydrogen-bond acceptors (Lipinski definition) is 5. The summed E-state index contributed by atoms with van der Waals surface area (Å²) in [6, 6.07) is 8.99. The molecule has 1 aromatic carbocycles. The molecule has 3 aromatic rings. The average molecular weight is 368 g/mol. The van der Waals surface area contributed by atoms with Crippen LogP contribution in [0, 0.1) is 0 Å². The summed E-state index contributed by atoms with van der Waals surface area (Å²) in [5.74, 6) is -0.410. The Morgan fingerprint density at radius 2 is 2.15 bits per heavy atom. The predicted octanol–water partition coefficient (Wildman–Crippen LogP) is 4.47. The van der Waals surface area contributed by atoms with Crippen molar-refractivity contribution in [3.63, 3.8) is 0 Å². The molecule has 2 heterocycles.